The van der Waals surface area contributed by atoms with E-state index < -0.39 is 20.1 Å². The van der Waals surface area contributed by atoms with Crippen LogP contribution in [-0.2, 0) is 10.2 Å². The molecule has 1 aliphatic rings. The number of primary amides is 1. The second kappa shape index (κ2) is 4.78. The van der Waals surface area contributed by atoms with E-state index in [1.165, 1.54) is 18.6 Å². The van der Waals surface area contributed by atoms with Crippen molar-refractivity contribution in [1.29, 1.82) is 0 Å². The Morgan fingerprint density at radius 3 is 2.53 bits per heavy atom. The molecule has 1 aromatic heterocycles. The molecule has 8 nitrogen and oxygen atoms in total. The van der Waals surface area contributed by atoms with Crippen molar-refractivity contribution < 1.29 is 13.2 Å². The molecule has 3 N–H and O–H groups in total. The summed E-state index contributed by atoms with van der Waals surface area (Å²) in [7, 11) is -4.15. The van der Waals surface area contributed by atoms with Crippen LogP contribution >= 0.6 is 0 Å². The van der Waals surface area contributed by atoms with Crippen LogP contribution in [0.3, 0.4) is 0 Å². The molecule has 2 heterocycles. The number of hydrogen-bond donors (Lipinski definition) is 2. The van der Waals surface area contributed by atoms with Gasteiger partial charge in [-0.15, -0.1) is 3.89 Å². The number of nitrogens with two attached hydrogens (primary N) is 1. The molecule has 0 spiro atoms. The van der Waals surface area contributed by atoms with E-state index in [0.29, 0.717) is 0 Å². The molecule has 19 heavy (non-hydrogen) atoms. The lowest BCUT2D eigenvalue weighted by molar-refractivity contribution is 0.253. The van der Waals surface area contributed by atoms with E-state index >= 15 is 0 Å². The second-order valence-corrected chi connectivity index (χ2v) is 5.54. The largest absolute Gasteiger partial charge is 0.409 e. The Kier molecular flexibility index (Phi) is 3.32. The van der Waals surface area contributed by atoms with Crippen molar-refractivity contribution in [3.05, 3.63) is 42.9 Å². The maximum Gasteiger partial charge on any atom is 0.409 e. The third-order valence-electron chi connectivity index (χ3n) is 2.50. The molecule has 0 aromatic carbocycles. The number of carbonyl (C=O) groups is 1. The van der Waals surface area contributed by atoms with Gasteiger partial charge in [-0.3, -0.25) is 0 Å². The molecule has 0 fully saturated rings. The molecule has 2 rings (SSSR count). The molecule has 0 saturated heterocycles. The van der Waals surface area contributed by atoms with Gasteiger partial charge >= 0.3 is 22.2 Å². The first-order valence-corrected chi connectivity index (χ1v) is 6.74. The van der Waals surface area contributed by atoms with Crippen molar-refractivity contribution in [3.63, 3.8) is 0 Å². The van der Waals surface area contributed by atoms with Crippen LogP contribution in [-0.4, -0.2) is 31.0 Å². The molecule has 0 saturated carbocycles. The van der Waals surface area contributed by atoms with Crippen LogP contribution in [0.5, 0.6) is 0 Å². The maximum atomic E-state index is 12.3. The van der Waals surface area contributed by atoms with Gasteiger partial charge in [0, 0.05) is 12.4 Å². The third-order valence-corrected chi connectivity index (χ3v) is 4.25. The van der Waals surface area contributed by atoms with Crippen molar-refractivity contribution >= 4 is 22.2 Å². The Morgan fingerprint density at radius 1 is 1.32 bits per heavy atom. The molecule has 0 aliphatic carbocycles. The smallest absolute Gasteiger partial charge is 0.351 e. The van der Waals surface area contributed by atoms with E-state index in [1.807, 2.05) is 0 Å². The van der Waals surface area contributed by atoms with E-state index in [9.17, 15) is 13.2 Å². The first kappa shape index (κ1) is 13.2. The standard InChI is InChI=1S/C10H11N5O3S/c11-9(16)14-19(17,18)15(7-2-1-3-8-15)10-12-5-4-6-13-10/h1-7H,8H2,(H2-,11,14,16)/p+1. The minimum Gasteiger partial charge on any atom is -0.351 e. The summed E-state index contributed by atoms with van der Waals surface area (Å²) < 4.78 is 25.6. The van der Waals surface area contributed by atoms with Crippen molar-refractivity contribution in [2.24, 2.45) is 5.73 Å². The van der Waals surface area contributed by atoms with Crippen LogP contribution in [0.2, 0.25) is 0 Å². The average Bonchev–Trinajstić information content (AvgIpc) is 2.39. The minimum absolute atomic E-state index is 0.0249. The molecular formula is C10H12N5O3S+. The van der Waals surface area contributed by atoms with Gasteiger partial charge in [-0.25, -0.2) is 4.79 Å². The van der Waals surface area contributed by atoms with E-state index in [0.717, 1.165) is 0 Å². The van der Waals surface area contributed by atoms with E-state index in [2.05, 4.69) is 9.97 Å². The Labute approximate surface area is 110 Å². The van der Waals surface area contributed by atoms with E-state index in [4.69, 9.17) is 5.73 Å². The van der Waals surface area contributed by atoms with E-state index in [1.54, 1.807) is 29.0 Å². The van der Waals surface area contributed by atoms with Gasteiger partial charge in [0.25, 0.3) is 0 Å². The summed E-state index contributed by atoms with van der Waals surface area (Å²) in [4.78, 5) is 18.8. The molecular weight excluding hydrogens is 270 g/mol. The lowest BCUT2D eigenvalue weighted by atomic mass is 10.3. The molecule has 100 valence electrons. The molecule has 0 radical (unpaired) electrons. The average molecular weight is 282 g/mol. The zero-order chi connectivity index (χ0) is 13.9. The predicted octanol–water partition coefficient (Wildman–Crippen LogP) is -0.219. The first-order chi connectivity index (χ1) is 8.98. The zero-order valence-electron chi connectivity index (χ0n) is 9.80. The van der Waals surface area contributed by atoms with Gasteiger partial charge in [0.05, 0.1) is 0 Å². The Morgan fingerprint density at radius 2 is 2.00 bits per heavy atom. The number of nitrogens with one attached hydrogen (secondary N) is 1. The van der Waals surface area contributed by atoms with Crippen molar-refractivity contribution in [2.45, 2.75) is 0 Å². The van der Waals surface area contributed by atoms with Gasteiger partial charge in [-0.1, -0.05) is 6.08 Å². The summed E-state index contributed by atoms with van der Waals surface area (Å²) in [6.45, 7) is 0.0587. The molecule has 9 heteroatoms. The van der Waals surface area contributed by atoms with Crippen LogP contribution in [0.4, 0.5) is 10.7 Å². The van der Waals surface area contributed by atoms with Gasteiger partial charge in [-0.2, -0.15) is 23.1 Å². The quantitative estimate of drug-likeness (QED) is 0.744. The number of quaternary nitrogens is 1. The lowest BCUT2D eigenvalue weighted by Crippen LogP contribution is -2.58. The minimum atomic E-state index is -4.15. The third kappa shape index (κ3) is 2.33. The maximum absolute atomic E-state index is 12.3. The molecule has 1 aromatic rings. The van der Waals surface area contributed by atoms with Crippen LogP contribution in [0, 0.1) is 0 Å². The Balaban J connectivity index is 2.57. The number of amides is 2. The van der Waals surface area contributed by atoms with Crippen molar-refractivity contribution in [2.75, 3.05) is 6.54 Å². The number of carbonyl (C=O) groups excluding carboxylic acids is 1. The molecule has 2 amide bonds. The highest BCUT2D eigenvalue weighted by atomic mass is 32.2. The van der Waals surface area contributed by atoms with Crippen LogP contribution in [0.1, 0.15) is 0 Å². The fourth-order valence-corrected chi connectivity index (χ4v) is 2.91. The van der Waals surface area contributed by atoms with Gasteiger partial charge in [0.15, 0.2) is 0 Å². The molecule has 1 aliphatic heterocycles. The van der Waals surface area contributed by atoms with Crippen molar-refractivity contribution in [1.82, 2.24) is 18.6 Å². The molecule has 1 unspecified atom stereocenters. The summed E-state index contributed by atoms with van der Waals surface area (Å²) in [6.07, 6.45) is 9.10. The predicted molar refractivity (Wildman–Crippen MR) is 68.6 cm³/mol. The number of rotatable bonds is 3. The Hall–Kier alpha value is -2.26. The number of allylic oxidation sites excluding steroid dienone is 2. The number of hydrogen-bond acceptors (Lipinski definition) is 5. The molecule has 0 bridgehead atoms. The van der Waals surface area contributed by atoms with Gasteiger partial charge in [0.1, 0.15) is 12.7 Å². The summed E-state index contributed by atoms with van der Waals surface area (Å²) in [5.74, 6) is 0.0249. The normalized spacial score (nSPS) is 22.1. The Bertz CT molecular complexity index is 640. The summed E-state index contributed by atoms with van der Waals surface area (Å²) >= 11 is 0. The summed E-state index contributed by atoms with van der Waals surface area (Å²) in [6, 6.07) is 0.411. The highest BCUT2D eigenvalue weighted by Crippen LogP contribution is 2.25. The monoisotopic (exact) mass is 282 g/mol. The van der Waals surface area contributed by atoms with E-state index in [-0.39, 0.29) is 12.5 Å². The summed E-state index contributed by atoms with van der Waals surface area (Å²) in [5, 5.41) is 0. The SMILES string of the molecule is NC(=O)NS(=O)(=O)[N+]1(c2ncccn2)C=CC=CC1. The first-order valence-electron chi connectivity index (χ1n) is 5.30. The van der Waals surface area contributed by atoms with Gasteiger partial charge < -0.3 is 5.73 Å². The summed E-state index contributed by atoms with van der Waals surface area (Å²) in [5.41, 5.74) is 4.90. The topological polar surface area (TPSA) is 115 Å². The lowest BCUT2D eigenvalue weighted by Gasteiger charge is -2.29. The highest BCUT2D eigenvalue weighted by Gasteiger charge is 2.46. The zero-order valence-corrected chi connectivity index (χ0v) is 10.6. The highest BCUT2D eigenvalue weighted by molar-refractivity contribution is 7.89. The fourth-order valence-electron chi connectivity index (χ4n) is 1.67. The number of aromatic nitrogens is 2. The fraction of sp³-hybridized carbons (Fsp3) is 0.100. The van der Waals surface area contributed by atoms with Crippen molar-refractivity contribution in [3.8, 4) is 0 Å². The number of urea groups is 1. The van der Waals surface area contributed by atoms with Crippen LogP contribution in [0.25, 0.3) is 0 Å². The van der Waals surface area contributed by atoms with Gasteiger partial charge in [-0.05, 0) is 18.2 Å². The number of nitrogens with zero attached hydrogens (tertiary/aromatic N) is 3. The van der Waals surface area contributed by atoms with Gasteiger partial charge in [0.2, 0.25) is 0 Å². The second-order valence-electron chi connectivity index (χ2n) is 3.74. The van der Waals surface area contributed by atoms with Crippen LogP contribution in [0.15, 0.2) is 42.9 Å². The van der Waals surface area contributed by atoms with Crippen LogP contribution < -0.4 is 14.3 Å². The molecule has 1 atom stereocenters.